The standard InChI is InChI=1S/C16H15ClO3/c17-14-5-1-12(2-6-14)11-13-3-7-15(8-4-13)20-10-9-16(18)19/h1-8H,9-11H2,(H,18,19). The van der Waals surface area contributed by atoms with Crippen molar-refractivity contribution >= 4 is 17.6 Å². The third kappa shape index (κ3) is 4.59. The summed E-state index contributed by atoms with van der Waals surface area (Å²) in [4.78, 5) is 10.4. The van der Waals surface area contributed by atoms with E-state index in [0.29, 0.717) is 5.75 Å². The van der Waals surface area contributed by atoms with E-state index in [1.165, 1.54) is 5.56 Å². The Hall–Kier alpha value is -2.00. The lowest BCUT2D eigenvalue weighted by Crippen LogP contribution is -2.04. The third-order valence-corrected chi connectivity index (χ3v) is 3.08. The molecule has 0 saturated carbocycles. The number of carboxylic acid groups (broad SMARTS) is 1. The second-order valence-corrected chi connectivity index (χ2v) is 4.88. The molecule has 0 bridgehead atoms. The molecule has 0 atom stereocenters. The molecule has 4 heteroatoms. The number of halogens is 1. The summed E-state index contributed by atoms with van der Waals surface area (Å²) in [7, 11) is 0. The minimum Gasteiger partial charge on any atom is -0.493 e. The van der Waals surface area contributed by atoms with Gasteiger partial charge in [0.05, 0.1) is 13.0 Å². The Kier molecular flexibility index (Phi) is 5.02. The van der Waals surface area contributed by atoms with Crippen LogP contribution in [0.15, 0.2) is 48.5 Å². The van der Waals surface area contributed by atoms with Gasteiger partial charge in [0.15, 0.2) is 0 Å². The van der Waals surface area contributed by atoms with Gasteiger partial charge in [-0.15, -0.1) is 0 Å². The van der Waals surface area contributed by atoms with E-state index < -0.39 is 5.97 Å². The van der Waals surface area contributed by atoms with Crippen LogP contribution in [0.4, 0.5) is 0 Å². The van der Waals surface area contributed by atoms with Gasteiger partial charge in [-0.05, 0) is 41.8 Å². The monoisotopic (exact) mass is 290 g/mol. The average molecular weight is 291 g/mol. The van der Waals surface area contributed by atoms with E-state index in [4.69, 9.17) is 21.4 Å². The van der Waals surface area contributed by atoms with Crippen LogP contribution >= 0.6 is 11.6 Å². The maximum atomic E-state index is 10.4. The Morgan fingerprint density at radius 1 is 1.00 bits per heavy atom. The van der Waals surface area contributed by atoms with E-state index in [1.807, 2.05) is 48.5 Å². The Labute approximate surface area is 122 Å². The Balaban J connectivity index is 1.91. The summed E-state index contributed by atoms with van der Waals surface area (Å²) in [6.07, 6.45) is 0.832. The van der Waals surface area contributed by atoms with Crippen LogP contribution in [0.3, 0.4) is 0 Å². The summed E-state index contributed by atoms with van der Waals surface area (Å²) >= 11 is 5.85. The van der Waals surface area contributed by atoms with Gasteiger partial charge in [0.2, 0.25) is 0 Å². The number of rotatable bonds is 6. The van der Waals surface area contributed by atoms with Gasteiger partial charge >= 0.3 is 5.97 Å². The molecular formula is C16H15ClO3. The summed E-state index contributed by atoms with van der Waals surface area (Å²) in [5, 5.41) is 9.26. The lowest BCUT2D eigenvalue weighted by atomic mass is 10.1. The molecule has 0 spiro atoms. The summed E-state index contributed by atoms with van der Waals surface area (Å²) in [6.45, 7) is 0.186. The molecule has 0 heterocycles. The fourth-order valence-corrected chi connectivity index (χ4v) is 1.92. The Bertz CT molecular complexity index is 561. The molecule has 0 aliphatic rings. The number of carboxylic acids is 1. The van der Waals surface area contributed by atoms with Crippen LogP contribution in [-0.2, 0) is 11.2 Å². The molecule has 104 valence electrons. The highest BCUT2D eigenvalue weighted by Gasteiger charge is 2.00. The maximum absolute atomic E-state index is 10.4. The summed E-state index contributed by atoms with van der Waals surface area (Å²) in [5.41, 5.74) is 2.35. The first-order valence-corrected chi connectivity index (χ1v) is 6.69. The SMILES string of the molecule is O=C(O)CCOc1ccc(Cc2ccc(Cl)cc2)cc1. The zero-order chi connectivity index (χ0) is 14.4. The molecule has 0 aliphatic carbocycles. The van der Waals surface area contributed by atoms with Crippen LogP contribution in [0.1, 0.15) is 17.5 Å². The Morgan fingerprint density at radius 2 is 1.55 bits per heavy atom. The van der Waals surface area contributed by atoms with Crippen molar-refractivity contribution < 1.29 is 14.6 Å². The first-order chi connectivity index (χ1) is 9.63. The average Bonchev–Trinajstić information content (AvgIpc) is 2.43. The minimum atomic E-state index is -0.857. The van der Waals surface area contributed by atoms with Crippen LogP contribution in [-0.4, -0.2) is 17.7 Å². The van der Waals surface area contributed by atoms with Gasteiger partial charge in [-0.25, -0.2) is 0 Å². The van der Waals surface area contributed by atoms with Crippen molar-refractivity contribution in [2.24, 2.45) is 0 Å². The van der Waals surface area contributed by atoms with E-state index in [9.17, 15) is 4.79 Å². The van der Waals surface area contributed by atoms with Gasteiger partial charge in [0.1, 0.15) is 5.75 Å². The van der Waals surface area contributed by atoms with Gasteiger partial charge in [0.25, 0.3) is 0 Å². The van der Waals surface area contributed by atoms with Crippen LogP contribution in [0.5, 0.6) is 5.75 Å². The summed E-state index contributed by atoms with van der Waals surface area (Å²) < 4.78 is 5.34. The van der Waals surface area contributed by atoms with E-state index in [1.54, 1.807) is 0 Å². The summed E-state index contributed by atoms with van der Waals surface area (Å²) in [6, 6.07) is 15.4. The smallest absolute Gasteiger partial charge is 0.306 e. The fraction of sp³-hybridized carbons (Fsp3) is 0.188. The first-order valence-electron chi connectivity index (χ1n) is 6.31. The molecule has 2 aromatic carbocycles. The van der Waals surface area contributed by atoms with E-state index in [2.05, 4.69) is 0 Å². The van der Waals surface area contributed by atoms with Crippen molar-refractivity contribution in [3.63, 3.8) is 0 Å². The maximum Gasteiger partial charge on any atom is 0.306 e. The predicted molar refractivity (Wildman–Crippen MR) is 78.4 cm³/mol. The van der Waals surface area contributed by atoms with Crippen molar-refractivity contribution in [1.82, 2.24) is 0 Å². The van der Waals surface area contributed by atoms with Crippen molar-refractivity contribution in [3.8, 4) is 5.75 Å². The van der Waals surface area contributed by atoms with E-state index in [-0.39, 0.29) is 13.0 Å². The van der Waals surface area contributed by atoms with Crippen molar-refractivity contribution in [2.75, 3.05) is 6.61 Å². The molecule has 20 heavy (non-hydrogen) atoms. The van der Waals surface area contributed by atoms with Gasteiger partial charge in [-0.2, -0.15) is 0 Å². The summed E-state index contributed by atoms with van der Waals surface area (Å²) in [5.74, 6) is -0.171. The number of hydrogen-bond donors (Lipinski definition) is 1. The highest BCUT2D eigenvalue weighted by atomic mass is 35.5. The van der Waals surface area contributed by atoms with Gasteiger partial charge in [-0.1, -0.05) is 35.9 Å². The quantitative estimate of drug-likeness (QED) is 0.880. The molecule has 0 fully saturated rings. The van der Waals surface area contributed by atoms with Gasteiger partial charge < -0.3 is 9.84 Å². The lowest BCUT2D eigenvalue weighted by molar-refractivity contribution is -0.137. The first kappa shape index (κ1) is 14.4. The highest BCUT2D eigenvalue weighted by molar-refractivity contribution is 6.30. The molecule has 0 aromatic heterocycles. The number of ether oxygens (including phenoxy) is 1. The zero-order valence-electron chi connectivity index (χ0n) is 10.9. The van der Waals surface area contributed by atoms with Crippen LogP contribution in [0.25, 0.3) is 0 Å². The molecule has 2 aromatic rings. The molecule has 2 rings (SSSR count). The largest absolute Gasteiger partial charge is 0.493 e. The molecule has 0 amide bonds. The molecule has 0 radical (unpaired) electrons. The number of aliphatic carboxylic acids is 1. The topological polar surface area (TPSA) is 46.5 Å². The van der Waals surface area contributed by atoms with Gasteiger partial charge in [-0.3, -0.25) is 4.79 Å². The molecule has 1 N–H and O–H groups in total. The van der Waals surface area contributed by atoms with E-state index in [0.717, 1.165) is 17.0 Å². The minimum absolute atomic E-state index is 0.00647. The predicted octanol–water partition coefficient (Wildman–Crippen LogP) is 3.78. The zero-order valence-corrected chi connectivity index (χ0v) is 11.6. The molecule has 0 saturated heterocycles. The van der Waals surface area contributed by atoms with Crippen molar-refractivity contribution in [3.05, 3.63) is 64.7 Å². The third-order valence-electron chi connectivity index (χ3n) is 2.83. The van der Waals surface area contributed by atoms with E-state index >= 15 is 0 Å². The van der Waals surface area contributed by atoms with Crippen LogP contribution in [0.2, 0.25) is 5.02 Å². The molecule has 0 unspecified atom stereocenters. The highest BCUT2D eigenvalue weighted by Crippen LogP contribution is 2.17. The van der Waals surface area contributed by atoms with Gasteiger partial charge in [0, 0.05) is 5.02 Å². The van der Waals surface area contributed by atoms with Crippen molar-refractivity contribution in [1.29, 1.82) is 0 Å². The number of carbonyl (C=O) groups is 1. The lowest BCUT2D eigenvalue weighted by Gasteiger charge is -2.06. The molecule has 3 nitrogen and oxygen atoms in total. The fourth-order valence-electron chi connectivity index (χ4n) is 1.80. The molecular weight excluding hydrogens is 276 g/mol. The normalized spacial score (nSPS) is 10.2. The van der Waals surface area contributed by atoms with Crippen LogP contribution < -0.4 is 4.74 Å². The second kappa shape index (κ2) is 6.96. The molecule has 0 aliphatic heterocycles. The van der Waals surface area contributed by atoms with Crippen molar-refractivity contribution in [2.45, 2.75) is 12.8 Å². The van der Waals surface area contributed by atoms with Crippen LogP contribution in [0, 0.1) is 0 Å². The number of benzene rings is 2. The Morgan fingerprint density at radius 3 is 2.10 bits per heavy atom. The number of hydrogen-bond acceptors (Lipinski definition) is 2. The second-order valence-electron chi connectivity index (χ2n) is 4.44.